The van der Waals surface area contributed by atoms with Gasteiger partial charge in [-0.3, -0.25) is 10.8 Å². The van der Waals surface area contributed by atoms with Gasteiger partial charge in [0.2, 0.25) is 5.71 Å². The Labute approximate surface area is 110 Å². The standard InChI is InChI=1S/C12H13N5O2/c1-2-19-12(18)8-3-5-9(6-4-8)16-17-10(7-13)11(14)15/h3-6,16H,2H2,1H3,(H3,14,15)/b17-10+. The van der Waals surface area contributed by atoms with Gasteiger partial charge in [0.25, 0.3) is 0 Å². The molecule has 0 amide bonds. The molecule has 0 aliphatic rings. The van der Waals surface area contributed by atoms with Gasteiger partial charge in [0.15, 0.2) is 5.84 Å². The molecule has 0 saturated carbocycles. The number of hydrogen-bond acceptors (Lipinski definition) is 6. The summed E-state index contributed by atoms with van der Waals surface area (Å²) in [5, 5.41) is 19.4. The number of amidine groups is 1. The third-order valence-electron chi connectivity index (χ3n) is 2.05. The summed E-state index contributed by atoms with van der Waals surface area (Å²) < 4.78 is 4.84. The first-order valence-corrected chi connectivity index (χ1v) is 5.43. The summed E-state index contributed by atoms with van der Waals surface area (Å²) in [5.74, 6) is -0.822. The molecule has 0 saturated heterocycles. The van der Waals surface area contributed by atoms with Crippen LogP contribution in [-0.2, 0) is 4.74 Å². The van der Waals surface area contributed by atoms with Crippen LogP contribution in [0.5, 0.6) is 0 Å². The maximum Gasteiger partial charge on any atom is 0.338 e. The number of nitrogens with zero attached hydrogens (tertiary/aromatic N) is 2. The van der Waals surface area contributed by atoms with Crippen LogP contribution >= 0.6 is 0 Å². The van der Waals surface area contributed by atoms with Crippen LogP contribution in [0.3, 0.4) is 0 Å². The summed E-state index contributed by atoms with van der Waals surface area (Å²) in [6, 6.07) is 8.02. The SMILES string of the molecule is CCOC(=O)c1ccc(N/N=C(\C#N)C(=N)N)cc1. The van der Waals surface area contributed by atoms with Crippen LogP contribution in [-0.4, -0.2) is 24.1 Å². The molecule has 98 valence electrons. The number of ether oxygens (including phenoxy) is 1. The highest BCUT2D eigenvalue weighted by atomic mass is 16.5. The lowest BCUT2D eigenvalue weighted by atomic mass is 10.2. The third kappa shape index (κ3) is 4.12. The van der Waals surface area contributed by atoms with E-state index >= 15 is 0 Å². The maximum atomic E-state index is 11.4. The van der Waals surface area contributed by atoms with E-state index in [2.05, 4.69) is 10.5 Å². The number of hydrazone groups is 1. The van der Waals surface area contributed by atoms with Gasteiger partial charge in [-0.25, -0.2) is 4.79 Å². The fraction of sp³-hybridized carbons (Fsp3) is 0.167. The third-order valence-corrected chi connectivity index (χ3v) is 2.05. The highest BCUT2D eigenvalue weighted by Gasteiger charge is 2.05. The number of nitrogens with two attached hydrogens (primary N) is 1. The van der Waals surface area contributed by atoms with Gasteiger partial charge in [-0.2, -0.15) is 10.4 Å². The van der Waals surface area contributed by atoms with E-state index in [9.17, 15) is 4.79 Å². The van der Waals surface area contributed by atoms with Gasteiger partial charge in [-0.1, -0.05) is 0 Å². The zero-order valence-electron chi connectivity index (χ0n) is 10.3. The number of esters is 1. The van der Waals surface area contributed by atoms with E-state index in [0.29, 0.717) is 17.9 Å². The number of rotatable bonds is 5. The Hall–Kier alpha value is -2.88. The normalized spacial score (nSPS) is 10.4. The Kier molecular flexibility index (Phi) is 5.04. The number of nitriles is 1. The van der Waals surface area contributed by atoms with Crippen molar-refractivity contribution in [1.29, 1.82) is 10.7 Å². The first-order valence-electron chi connectivity index (χ1n) is 5.43. The molecule has 0 aliphatic heterocycles. The van der Waals surface area contributed by atoms with E-state index in [1.807, 2.05) is 0 Å². The molecule has 0 aromatic heterocycles. The summed E-state index contributed by atoms with van der Waals surface area (Å²) in [5.41, 5.74) is 8.47. The summed E-state index contributed by atoms with van der Waals surface area (Å²) in [4.78, 5) is 11.4. The molecule has 7 heteroatoms. The molecule has 19 heavy (non-hydrogen) atoms. The molecule has 0 atom stereocenters. The Bertz CT molecular complexity index is 542. The highest BCUT2D eigenvalue weighted by Crippen LogP contribution is 2.10. The summed E-state index contributed by atoms with van der Waals surface area (Å²) in [6.07, 6.45) is 0. The van der Waals surface area contributed by atoms with Gasteiger partial charge < -0.3 is 10.5 Å². The van der Waals surface area contributed by atoms with E-state index < -0.39 is 11.8 Å². The largest absolute Gasteiger partial charge is 0.462 e. The van der Waals surface area contributed by atoms with Crippen LogP contribution in [0.25, 0.3) is 0 Å². The first kappa shape index (κ1) is 14.2. The Balaban J connectivity index is 2.75. The van der Waals surface area contributed by atoms with Crippen molar-refractivity contribution in [3.05, 3.63) is 29.8 Å². The quantitative estimate of drug-likeness (QED) is 0.316. The van der Waals surface area contributed by atoms with Gasteiger partial charge in [-0.05, 0) is 31.2 Å². The second-order valence-corrected chi connectivity index (χ2v) is 3.40. The lowest BCUT2D eigenvalue weighted by Gasteiger charge is -2.04. The Morgan fingerprint density at radius 3 is 2.63 bits per heavy atom. The average molecular weight is 259 g/mol. The van der Waals surface area contributed by atoms with E-state index in [-0.39, 0.29) is 5.71 Å². The molecule has 1 aromatic rings. The molecule has 0 aliphatic carbocycles. The van der Waals surface area contributed by atoms with Crippen molar-refractivity contribution in [2.45, 2.75) is 6.92 Å². The molecule has 0 fully saturated rings. The molecule has 1 rings (SSSR count). The molecule has 4 N–H and O–H groups in total. The minimum absolute atomic E-state index is 0.213. The van der Waals surface area contributed by atoms with Crippen molar-refractivity contribution in [1.82, 2.24) is 0 Å². The van der Waals surface area contributed by atoms with Crippen molar-refractivity contribution in [2.75, 3.05) is 12.0 Å². The van der Waals surface area contributed by atoms with Crippen molar-refractivity contribution in [3.63, 3.8) is 0 Å². The second kappa shape index (κ2) is 6.76. The molecule has 0 unspecified atom stereocenters. The number of anilines is 1. The minimum Gasteiger partial charge on any atom is -0.462 e. The van der Waals surface area contributed by atoms with Crippen molar-refractivity contribution < 1.29 is 9.53 Å². The fourth-order valence-electron chi connectivity index (χ4n) is 1.16. The number of hydrogen-bond donors (Lipinski definition) is 3. The van der Waals surface area contributed by atoms with Crippen LogP contribution in [0.4, 0.5) is 5.69 Å². The van der Waals surface area contributed by atoms with Crippen LogP contribution in [0.1, 0.15) is 17.3 Å². The van der Waals surface area contributed by atoms with Crippen molar-refractivity contribution in [3.8, 4) is 6.07 Å². The van der Waals surface area contributed by atoms with Crippen LogP contribution in [0.15, 0.2) is 29.4 Å². The predicted molar refractivity (Wildman–Crippen MR) is 71.0 cm³/mol. The molecule has 0 heterocycles. The lowest BCUT2D eigenvalue weighted by molar-refractivity contribution is 0.0526. The van der Waals surface area contributed by atoms with Crippen LogP contribution in [0, 0.1) is 16.7 Å². The zero-order valence-corrected chi connectivity index (χ0v) is 10.3. The van der Waals surface area contributed by atoms with Gasteiger partial charge in [0.1, 0.15) is 6.07 Å². The van der Waals surface area contributed by atoms with E-state index in [1.165, 1.54) is 0 Å². The Morgan fingerprint density at radius 1 is 1.53 bits per heavy atom. The minimum atomic E-state index is -0.418. The monoisotopic (exact) mass is 259 g/mol. The number of nitrogens with one attached hydrogen (secondary N) is 2. The average Bonchev–Trinajstić information content (AvgIpc) is 2.40. The van der Waals surface area contributed by atoms with E-state index in [0.717, 1.165) is 0 Å². The maximum absolute atomic E-state index is 11.4. The molecule has 0 bridgehead atoms. The van der Waals surface area contributed by atoms with Crippen LogP contribution < -0.4 is 11.2 Å². The van der Waals surface area contributed by atoms with Crippen molar-refractivity contribution in [2.24, 2.45) is 10.8 Å². The predicted octanol–water partition coefficient (Wildman–Crippen LogP) is 1.09. The van der Waals surface area contributed by atoms with Gasteiger partial charge in [-0.15, -0.1) is 0 Å². The van der Waals surface area contributed by atoms with E-state index in [1.54, 1.807) is 37.3 Å². The molecule has 0 radical (unpaired) electrons. The molecule has 7 nitrogen and oxygen atoms in total. The number of benzene rings is 1. The number of carbonyl (C=O) groups is 1. The highest BCUT2D eigenvalue weighted by molar-refractivity contribution is 6.45. The number of carbonyl (C=O) groups excluding carboxylic acids is 1. The zero-order chi connectivity index (χ0) is 14.3. The fourth-order valence-corrected chi connectivity index (χ4v) is 1.16. The van der Waals surface area contributed by atoms with Gasteiger partial charge in [0, 0.05) is 0 Å². The lowest BCUT2D eigenvalue weighted by Crippen LogP contribution is -2.21. The van der Waals surface area contributed by atoms with Gasteiger partial charge >= 0.3 is 5.97 Å². The van der Waals surface area contributed by atoms with Gasteiger partial charge in [0.05, 0.1) is 17.9 Å². The van der Waals surface area contributed by atoms with E-state index in [4.69, 9.17) is 21.1 Å². The second-order valence-electron chi connectivity index (χ2n) is 3.40. The van der Waals surface area contributed by atoms with Crippen molar-refractivity contribution >= 4 is 23.2 Å². The summed E-state index contributed by atoms with van der Waals surface area (Å²) in [7, 11) is 0. The molecular weight excluding hydrogens is 246 g/mol. The molecule has 1 aromatic carbocycles. The topological polar surface area (TPSA) is 124 Å². The summed E-state index contributed by atoms with van der Waals surface area (Å²) in [6.45, 7) is 2.04. The first-order chi connectivity index (χ1) is 9.08. The molecule has 0 spiro atoms. The summed E-state index contributed by atoms with van der Waals surface area (Å²) >= 11 is 0. The Morgan fingerprint density at radius 2 is 2.16 bits per heavy atom. The molecular formula is C12H13N5O2. The smallest absolute Gasteiger partial charge is 0.338 e. The van der Waals surface area contributed by atoms with Crippen LogP contribution in [0.2, 0.25) is 0 Å².